The monoisotopic (exact) mass is 369 g/mol. The Balaban J connectivity index is 1.47. The third-order valence-corrected chi connectivity index (χ3v) is 4.70. The van der Waals surface area contributed by atoms with Gasteiger partial charge >= 0.3 is 6.09 Å². The highest BCUT2D eigenvalue weighted by Crippen LogP contribution is 2.45. The molecule has 142 valence electrons. The number of carbonyl (C=O) groups is 1. The highest BCUT2D eigenvalue weighted by molar-refractivity contribution is 5.88. The number of fused-ring (bicyclic) bond motifs is 1. The number of rotatable bonds is 5. The first-order valence-electron chi connectivity index (χ1n) is 9.36. The maximum atomic E-state index is 12.2. The first-order valence-corrected chi connectivity index (χ1v) is 9.36. The Morgan fingerprint density at radius 3 is 2.52 bits per heavy atom. The molecular formula is C21H23NO5. The first kappa shape index (κ1) is 17.5. The molecule has 0 bridgehead atoms. The van der Waals surface area contributed by atoms with Gasteiger partial charge in [0, 0.05) is 0 Å². The van der Waals surface area contributed by atoms with Gasteiger partial charge in [0.25, 0.3) is 0 Å². The molecule has 6 nitrogen and oxygen atoms in total. The average Bonchev–Trinajstić information content (AvgIpc) is 3.21. The van der Waals surface area contributed by atoms with E-state index in [2.05, 4.69) is 5.32 Å². The van der Waals surface area contributed by atoms with Crippen molar-refractivity contribution < 1.29 is 23.7 Å². The third kappa shape index (κ3) is 4.27. The van der Waals surface area contributed by atoms with Crippen LogP contribution in [-0.2, 0) is 11.3 Å². The van der Waals surface area contributed by atoms with Gasteiger partial charge < -0.3 is 18.9 Å². The Morgan fingerprint density at radius 1 is 1.00 bits per heavy atom. The van der Waals surface area contributed by atoms with Gasteiger partial charge in [0.1, 0.15) is 25.9 Å². The van der Waals surface area contributed by atoms with Crippen LogP contribution in [0, 0.1) is 0 Å². The van der Waals surface area contributed by atoms with E-state index in [9.17, 15) is 4.79 Å². The van der Waals surface area contributed by atoms with Crippen molar-refractivity contribution >= 4 is 11.8 Å². The Kier molecular flexibility index (Phi) is 5.32. The van der Waals surface area contributed by atoms with Crippen LogP contribution in [0.4, 0.5) is 10.5 Å². The summed E-state index contributed by atoms with van der Waals surface area (Å²) in [5, 5.41) is 2.78. The largest absolute Gasteiger partial charge is 0.485 e. The number of hydrogen-bond acceptors (Lipinski definition) is 5. The molecule has 0 radical (unpaired) electrons. The molecule has 6 heteroatoms. The summed E-state index contributed by atoms with van der Waals surface area (Å²) in [6.07, 6.45) is 3.62. The Labute approximate surface area is 158 Å². The van der Waals surface area contributed by atoms with Crippen molar-refractivity contribution in [2.45, 2.75) is 38.4 Å². The van der Waals surface area contributed by atoms with Crippen molar-refractivity contribution in [1.29, 1.82) is 0 Å². The lowest BCUT2D eigenvalue weighted by atomic mass is 10.2. The van der Waals surface area contributed by atoms with Crippen molar-refractivity contribution in [2.75, 3.05) is 18.5 Å². The molecule has 0 saturated heterocycles. The number of amides is 1. The predicted molar refractivity (Wildman–Crippen MR) is 101 cm³/mol. The van der Waals surface area contributed by atoms with Crippen LogP contribution >= 0.6 is 0 Å². The average molecular weight is 369 g/mol. The minimum atomic E-state index is -0.462. The van der Waals surface area contributed by atoms with E-state index in [-0.39, 0.29) is 6.10 Å². The highest BCUT2D eigenvalue weighted by atomic mass is 16.6. The molecule has 1 amide bonds. The van der Waals surface area contributed by atoms with Crippen molar-refractivity contribution in [1.82, 2.24) is 0 Å². The van der Waals surface area contributed by atoms with Crippen LogP contribution in [0.5, 0.6) is 17.2 Å². The molecule has 4 rings (SSSR count). The number of anilines is 1. The van der Waals surface area contributed by atoms with E-state index >= 15 is 0 Å². The number of ether oxygens (including phenoxy) is 4. The van der Waals surface area contributed by atoms with Gasteiger partial charge in [-0.15, -0.1) is 0 Å². The minimum Gasteiger partial charge on any atom is -0.485 e. The van der Waals surface area contributed by atoms with Crippen LogP contribution in [-0.4, -0.2) is 25.4 Å². The van der Waals surface area contributed by atoms with Gasteiger partial charge in [0.15, 0.2) is 11.5 Å². The molecule has 27 heavy (non-hydrogen) atoms. The van der Waals surface area contributed by atoms with Gasteiger partial charge in [-0.2, -0.15) is 0 Å². The van der Waals surface area contributed by atoms with Gasteiger partial charge in [0.2, 0.25) is 5.75 Å². The number of carbonyl (C=O) groups excluding carboxylic acids is 1. The van der Waals surface area contributed by atoms with Gasteiger partial charge in [0.05, 0.1) is 5.69 Å². The molecule has 1 N–H and O–H groups in total. The molecule has 1 aliphatic heterocycles. The maximum absolute atomic E-state index is 12.2. The molecule has 2 aromatic carbocycles. The van der Waals surface area contributed by atoms with Crippen molar-refractivity contribution in [3.8, 4) is 17.2 Å². The smallest absolute Gasteiger partial charge is 0.412 e. The van der Waals surface area contributed by atoms with E-state index in [0.29, 0.717) is 42.8 Å². The molecule has 0 aromatic heterocycles. The second kappa shape index (κ2) is 8.20. The van der Waals surface area contributed by atoms with Crippen LogP contribution in [0.1, 0.15) is 31.2 Å². The minimum absolute atomic E-state index is 0.00599. The summed E-state index contributed by atoms with van der Waals surface area (Å²) in [6, 6.07) is 13.4. The molecule has 0 spiro atoms. The van der Waals surface area contributed by atoms with Crippen LogP contribution in [0.25, 0.3) is 0 Å². The van der Waals surface area contributed by atoms with Gasteiger partial charge in [-0.25, -0.2) is 4.79 Å². The number of hydrogen-bond donors (Lipinski definition) is 1. The fourth-order valence-electron chi connectivity index (χ4n) is 3.36. The van der Waals surface area contributed by atoms with Crippen LogP contribution < -0.4 is 19.5 Å². The summed E-state index contributed by atoms with van der Waals surface area (Å²) in [5.41, 5.74) is 1.59. The fourth-order valence-corrected chi connectivity index (χ4v) is 3.36. The van der Waals surface area contributed by atoms with Crippen LogP contribution in [0.2, 0.25) is 0 Å². The quantitative estimate of drug-likeness (QED) is 0.839. The summed E-state index contributed by atoms with van der Waals surface area (Å²) in [7, 11) is 0. The zero-order valence-electron chi connectivity index (χ0n) is 15.1. The van der Waals surface area contributed by atoms with Crippen LogP contribution in [0.15, 0.2) is 42.5 Å². The molecule has 1 fully saturated rings. The summed E-state index contributed by atoms with van der Waals surface area (Å²) >= 11 is 0. The molecular weight excluding hydrogens is 346 g/mol. The fraction of sp³-hybridized carbons (Fsp3) is 0.381. The van der Waals surface area contributed by atoms with E-state index in [1.807, 2.05) is 30.3 Å². The lowest BCUT2D eigenvalue weighted by molar-refractivity contribution is 0.114. The molecule has 0 atom stereocenters. The molecule has 1 saturated carbocycles. The number of benzene rings is 2. The highest BCUT2D eigenvalue weighted by Gasteiger charge is 2.24. The predicted octanol–water partition coefficient (Wildman–Crippen LogP) is 4.53. The van der Waals surface area contributed by atoms with Gasteiger partial charge in [-0.05, 0) is 43.4 Å². The number of nitrogens with one attached hydrogen (secondary N) is 1. The normalized spacial score (nSPS) is 16.0. The second-order valence-electron chi connectivity index (χ2n) is 6.68. The van der Waals surface area contributed by atoms with E-state index in [4.69, 9.17) is 18.9 Å². The summed E-state index contributed by atoms with van der Waals surface area (Å²) < 4.78 is 22.9. The third-order valence-electron chi connectivity index (χ3n) is 4.70. The lowest BCUT2D eigenvalue weighted by Gasteiger charge is -2.24. The van der Waals surface area contributed by atoms with Gasteiger partial charge in [-0.3, -0.25) is 5.32 Å². The Bertz CT molecular complexity index is 787. The van der Waals surface area contributed by atoms with E-state index in [1.54, 1.807) is 12.1 Å². The van der Waals surface area contributed by atoms with E-state index in [0.717, 1.165) is 31.2 Å². The summed E-state index contributed by atoms with van der Waals surface area (Å²) in [4.78, 5) is 12.2. The zero-order valence-corrected chi connectivity index (χ0v) is 15.1. The first-order chi connectivity index (χ1) is 13.3. The second-order valence-corrected chi connectivity index (χ2v) is 6.68. The SMILES string of the molecule is O=C(Nc1ccc(OCc2ccccc2)c2c1OCCO2)OC1CCCC1. The van der Waals surface area contributed by atoms with E-state index < -0.39 is 6.09 Å². The van der Waals surface area contributed by atoms with Gasteiger partial charge in [-0.1, -0.05) is 30.3 Å². The standard InChI is InChI=1S/C21H23NO5/c23-21(27-16-8-4-5-9-16)22-17-10-11-18(20-19(17)24-12-13-25-20)26-14-15-6-2-1-3-7-15/h1-3,6-7,10-11,16H,4-5,8-9,12-14H2,(H,22,23). The maximum Gasteiger partial charge on any atom is 0.412 e. The molecule has 0 unspecified atom stereocenters. The van der Waals surface area contributed by atoms with Crippen molar-refractivity contribution in [3.05, 3.63) is 48.0 Å². The topological polar surface area (TPSA) is 66.0 Å². The molecule has 1 aliphatic carbocycles. The molecule has 2 aromatic rings. The summed E-state index contributed by atoms with van der Waals surface area (Å²) in [5.74, 6) is 1.58. The molecule has 2 aliphatic rings. The Morgan fingerprint density at radius 2 is 1.74 bits per heavy atom. The zero-order chi connectivity index (χ0) is 18.5. The molecule has 1 heterocycles. The van der Waals surface area contributed by atoms with E-state index in [1.165, 1.54) is 0 Å². The van der Waals surface area contributed by atoms with Crippen molar-refractivity contribution in [3.63, 3.8) is 0 Å². The summed E-state index contributed by atoms with van der Waals surface area (Å²) in [6.45, 7) is 1.28. The van der Waals surface area contributed by atoms with Crippen LogP contribution in [0.3, 0.4) is 0 Å². The van der Waals surface area contributed by atoms with Crippen molar-refractivity contribution in [2.24, 2.45) is 0 Å². The lowest BCUT2D eigenvalue weighted by Crippen LogP contribution is -2.22. The Hall–Kier alpha value is -2.89.